The number of carbonyl (C=O) groups excluding carboxylic acids is 1. The first-order valence-electron chi connectivity index (χ1n) is 10.1. The summed E-state index contributed by atoms with van der Waals surface area (Å²) >= 11 is 1.65. The van der Waals surface area contributed by atoms with E-state index in [0.717, 1.165) is 34.7 Å². The zero-order valence-corrected chi connectivity index (χ0v) is 16.5. The van der Waals surface area contributed by atoms with Gasteiger partial charge in [0.25, 0.3) is 0 Å². The van der Waals surface area contributed by atoms with Crippen molar-refractivity contribution in [3.8, 4) is 10.4 Å². The monoisotopic (exact) mass is 400 g/mol. The summed E-state index contributed by atoms with van der Waals surface area (Å²) < 4.78 is 14.6. The molecule has 4 unspecified atom stereocenters. The Morgan fingerprint density at radius 3 is 2.89 bits per heavy atom. The number of carbonyl (C=O) groups is 1. The Bertz CT molecular complexity index is 896. The number of nitrogens with zero attached hydrogens (tertiary/aromatic N) is 1. The third kappa shape index (κ3) is 3.58. The molecule has 2 heterocycles. The van der Waals surface area contributed by atoms with Gasteiger partial charge in [0, 0.05) is 24.6 Å². The molecule has 148 valence electrons. The predicted molar refractivity (Wildman–Crippen MR) is 107 cm³/mol. The minimum absolute atomic E-state index is 0.0611. The van der Waals surface area contributed by atoms with Crippen LogP contribution in [0.5, 0.6) is 0 Å². The molecule has 0 spiro atoms. The number of rotatable bonds is 6. The second kappa shape index (κ2) is 7.21. The lowest BCUT2D eigenvalue weighted by atomic mass is 9.99. The SMILES string of the molecule is NC(Cc1ccc(-c2cnc(C3CC3)s2)cc1F)NC(=O)C1NC2CCC1C2. The summed E-state index contributed by atoms with van der Waals surface area (Å²) in [6, 6.07) is 5.54. The normalized spacial score (nSPS) is 27.1. The molecule has 3 aliphatic rings. The van der Waals surface area contributed by atoms with Crippen molar-refractivity contribution in [1.82, 2.24) is 15.6 Å². The molecule has 1 amide bonds. The molecule has 4 atom stereocenters. The minimum atomic E-state index is -0.598. The second-order valence-corrected chi connectivity index (χ2v) is 9.44. The average Bonchev–Trinajstić information content (AvgIpc) is 3.09. The number of amides is 1. The fourth-order valence-electron chi connectivity index (χ4n) is 4.52. The van der Waals surface area contributed by atoms with Crippen LogP contribution in [0.4, 0.5) is 4.39 Å². The largest absolute Gasteiger partial charge is 0.339 e. The van der Waals surface area contributed by atoms with Gasteiger partial charge in [0.1, 0.15) is 5.82 Å². The summed E-state index contributed by atoms with van der Waals surface area (Å²) in [6.07, 6.45) is 7.25. The average molecular weight is 401 g/mol. The Morgan fingerprint density at radius 1 is 1.36 bits per heavy atom. The molecule has 1 aliphatic heterocycles. The molecule has 1 aromatic carbocycles. The summed E-state index contributed by atoms with van der Waals surface area (Å²) in [4.78, 5) is 17.9. The van der Waals surface area contributed by atoms with Gasteiger partial charge in [-0.05, 0) is 55.2 Å². The van der Waals surface area contributed by atoms with E-state index in [2.05, 4.69) is 15.6 Å². The van der Waals surface area contributed by atoms with Gasteiger partial charge in [0.15, 0.2) is 0 Å². The highest BCUT2D eigenvalue weighted by molar-refractivity contribution is 7.15. The summed E-state index contributed by atoms with van der Waals surface area (Å²) in [7, 11) is 0. The smallest absolute Gasteiger partial charge is 0.238 e. The number of hydrogen-bond acceptors (Lipinski definition) is 5. The first-order chi connectivity index (χ1) is 13.6. The topological polar surface area (TPSA) is 80.0 Å². The summed E-state index contributed by atoms with van der Waals surface area (Å²) in [6.45, 7) is 0. The zero-order valence-electron chi connectivity index (χ0n) is 15.7. The van der Waals surface area contributed by atoms with E-state index in [0.29, 0.717) is 23.4 Å². The van der Waals surface area contributed by atoms with Gasteiger partial charge in [-0.1, -0.05) is 12.1 Å². The summed E-state index contributed by atoms with van der Waals surface area (Å²) in [5.74, 6) is 0.665. The Kier molecular flexibility index (Phi) is 4.69. The Labute approximate surface area is 167 Å². The van der Waals surface area contributed by atoms with Crippen LogP contribution in [0.3, 0.4) is 0 Å². The Morgan fingerprint density at radius 2 is 2.21 bits per heavy atom. The van der Waals surface area contributed by atoms with E-state index in [1.807, 2.05) is 12.3 Å². The van der Waals surface area contributed by atoms with Gasteiger partial charge in [-0.2, -0.15) is 0 Å². The van der Waals surface area contributed by atoms with Crippen molar-refractivity contribution in [2.24, 2.45) is 11.7 Å². The van der Waals surface area contributed by atoms with Gasteiger partial charge in [-0.25, -0.2) is 9.37 Å². The van der Waals surface area contributed by atoms with E-state index in [9.17, 15) is 9.18 Å². The van der Waals surface area contributed by atoms with Crippen molar-refractivity contribution in [2.45, 2.75) is 62.7 Å². The van der Waals surface area contributed by atoms with E-state index in [4.69, 9.17) is 5.73 Å². The van der Waals surface area contributed by atoms with Crippen molar-refractivity contribution in [2.75, 3.05) is 0 Å². The predicted octanol–water partition coefficient (Wildman–Crippen LogP) is 2.91. The molecule has 5 rings (SSSR count). The first kappa shape index (κ1) is 18.2. The zero-order chi connectivity index (χ0) is 19.3. The molecular weight excluding hydrogens is 375 g/mol. The molecule has 7 heteroatoms. The summed E-state index contributed by atoms with van der Waals surface area (Å²) in [5.41, 5.74) is 7.46. The van der Waals surface area contributed by atoms with Gasteiger partial charge in [0.2, 0.25) is 5.91 Å². The fourth-order valence-corrected chi connectivity index (χ4v) is 5.60. The van der Waals surface area contributed by atoms with Crippen molar-refractivity contribution >= 4 is 17.2 Å². The molecule has 3 fully saturated rings. The number of benzene rings is 1. The fraction of sp³-hybridized carbons (Fsp3) is 0.524. The third-order valence-electron chi connectivity index (χ3n) is 6.20. The van der Waals surface area contributed by atoms with Gasteiger partial charge >= 0.3 is 0 Å². The molecule has 1 saturated heterocycles. The maximum Gasteiger partial charge on any atom is 0.238 e. The third-order valence-corrected chi connectivity index (χ3v) is 7.41. The number of halogens is 1. The molecule has 5 nitrogen and oxygen atoms in total. The molecule has 4 N–H and O–H groups in total. The van der Waals surface area contributed by atoms with Crippen LogP contribution in [0.25, 0.3) is 10.4 Å². The molecule has 2 saturated carbocycles. The van der Waals surface area contributed by atoms with Crippen molar-refractivity contribution in [3.63, 3.8) is 0 Å². The number of aromatic nitrogens is 1. The van der Waals surface area contributed by atoms with E-state index in [1.165, 1.54) is 12.8 Å². The highest BCUT2D eigenvalue weighted by Crippen LogP contribution is 2.43. The standard InChI is InChI=1S/C21H25FN4OS/c22-16-8-13(17-10-24-21(28-17)11-1-2-11)4-3-12(16)9-18(23)26-20(27)19-14-5-6-15(7-14)25-19/h3-4,8,10-11,14-15,18-19,25H,1-2,5-7,9,23H2,(H,26,27). The highest BCUT2D eigenvalue weighted by Gasteiger charge is 2.42. The first-order valence-corrected chi connectivity index (χ1v) is 10.9. The highest BCUT2D eigenvalue weighted by atomic mass is 32.1. The molecule has 0 radical (unpaired) electrons. The molecule has 28 heavy (non-hydrogen) atoms. The molecule has 2 bridgehead atoms. The number of nitrogens with two attached hydrogens (primary N) is 1. The minimum Gasteiger partial charge on any atom is -0.339 e. The summed E-state index contributed by atoms with van der Waals surface area (Å²) in [5, 5.41) is 7.37. The number of fused-ring (bicyclic) bond motifs is 2. The lowest BCUT2D eigenvalue weighted by Crippen LogP contribution is -2.53. The quantitative estimate of drug-likeness (QED) is 0.652. The lowest BCUT2D eigenvalue weighted by Gasteiger charge is -2.24. The van der Waals surface area contributed by atoms with Crippen molar-refractivity contribution in [3.05, 3.63) is 40.8 Å². The van der Waals surface area contributed by atoms with Crippen molar-refractivity contribution in [1.29, 1.82) is 0 Å². The van der Waals surface area contributed by atoms with Crippen LogP contribution in [-0.4, -0.2) is 29.1 Å². The van der Waals surface area contributed by atoms with Crippen LogP contribution in [0.15, 0.2) is 24.4 Å². The van der Waals surface area contributed by atoms with E-state index < -0.39 is 6.17 Å². The van der Waals surface area contributed by atoms with Crippen LogP contribution < -0.4 is 16.4 Å². The van der Waals surface area contributed by atoms with Crippen LogP contribution in [0.1, 0.15) is 48.6 Å². The van der Waals surface area contributed by atoms with E-state index >= 15 is 0 Å². The molecule has 2 aromatic rings. The maximum atomic E-state index is 14.6. The number of hydrogen-bond donors (Lipinski definition) is 3. The maximum absolute atomic E-state index is 14.6. The van der Waals surface area contributed by atoms with Gasteiger partial charge in [0.05, 0.1) is 22.1 Å². The Hall–Kier alpha value is -1.83. The lowest BCUT2D eigenvalue weighted by molar-refractivity contribution is -0.124. The number of nitrogens with one attached hydrogen (secondary N) is 2. The molecule has 2 aliphatic carbocycles. The second-order valence-electron chi connectivity index (χ2n) is 8.38. The van der Waals surface area contributed by atoms with Crippen LogP contribution in [0, 0.1) is 11.7 Å². The van der Waals surface area contributed by atoms with Crippen LogP contribution in [0.2, 0.25) is 0 Å². The van der Waals surface area contributed by atoms with Crippen molar-refractivity contribution < 1.29 is 9.18 Å². The Balaban J connectivity index is 1.21. The van der Waals surface area contributed by atoms with E-state index in [-0.39, 0.29) is 24.2 Å². The van der Waals surface area contributed by atoms with Gasteiger partial charge in [-0.15, -0.1) is 11.3 Å². The molecular formula is C21H25FN4OS. The van der Waals surface area contributed by atoms with Gasteiger partial charge < -0.3 is 16.4 Å². The number of piperidine rings is 1. The van der Waals surface area contributed by atoms with E-state index in [1.54, 1.807) is 23.5 Å². The van der Waals surface area contributed by atoms with Crippen LogP contribution in [-0.2, 0) is 11.2 Å². The number of thiazole rings is 1. The van der Waals surface area contributed by atoms with Crippen LogP contribution >= 0.6 is 11.3 Å². The molecule has 1 aromatic heterocycles. The van der Waals surface area contributed by atoms with Gasteiger partial charge in [-0.3, -0.25) is 4.79 Å².